The van der Waals surface area contributed by atoms with Crippen molar-refractivity contribution in [3.63, 3.8) is 0 Å². The number of carboxylic acid groups (broad SMARTS) is 1. The van der Waals surface area contributed by atoms with Gasteiger partial charge in [0, 0.05) is 24.8 Å². The zero-order valence-electron chi connectivity index (χ0n) is 11.0. The number of aromatic nitrogens is 2. The zero-order valence-corrected chi connectivity index (χ0v) is 11.0. The number of anilines is 2. The maximum absolute atomic E-state index is 10.6. The molecule has 5 nitrogen and oxygen atoms in total. The molecule has 0 saturated carbocycles. The van der Waals surface area contributed by atoms with Crippen molar-refractivity contribution < 1.29 is 9.90 Å². The standard InChI is InChI=1S/C15H15N3O2/c19-15(20)6-5-13-16-9-7-14(17-13)18-10-8-11-3-1-2-4-12(11)18/h1-4,7,9H,5-6,8,10H2,(H,19,20). The minimum absolute atomic E-state index is 0.0556. The number of hydrogen-bond acceptors (Lipinski definition) is 4. The number of benzene rings is 1. The largest absolute Gasteiger partial charge is 0.481 e. The molecule has 0 atom stereocenters. The van der Waals surface area contributed by atoms with Crippen LogP contribution in [0.1, 0.15) is 17.8 Å². The SMILES string of the molecule is O=C(O)CCc1nccc(N2CCc3ccccc32)n1. The van der Waals surface area contributed by atoms with E-state index < -0.39 is 5.97 Å². The van der Waals surface area contributed by atoms with E-state index in [4.69, 9.17) is 5.11 Å². The topological polar surface area (TPSA) is 66.3 Å². The summed E-state index contributed by atoms with van der Waals surface area (Å²) in [5.41, 5.74) is 2.49. The monoisotopic (exact) mass is 269 g/mol. The van der Waals surface area contributed by atoms with Crippen molar-refractivity contribution in [2.24, 2.45) is 0 Å². The zero-order chi connectivity index (χ0) is 13.9. The third-order valence-electron chi connectivity index (χ3n) is 3.42. The summed E-state index contributed by atoms with van der Waals surface area (Å²) in [4.78, 5) is 21.4. The van der Waals surface area contributed by atoms with Gasteiger partial charge in [0.15, 0.2) is 0 Å². The minimum Gasteiger partial charge on any atom is -0.481 e. The molecule has 20 heavy (non-hydrogen) atoms. The van der Waals surface area contributed by atoms with Crippen molar-refractivity contribution in [3.05, 3.63) is 47.9 Å². The van der Waals surface area contributed by atoms with E-state index in [0.717, 1.165) is 18.8 Å². The Morgan fingerprint density at radius 1 is 1.30 bits per heavy atom. The fourth-order valence-corrected chi connectivity index (χ4v) is 2.45. The Balaban J connectivity index is 1.85. The molecule has 0 bridgehead atoms. The number of para-hydroxylation sites is 1. The van der Waals surface area contributed by atoms with E-state index in [1.807, 2.05) is 18.2 Å². The maximum Gasteiger partial charge on any atom is 0.303 e. The highest BCUT2D eigenvalue weighted by Gasteiger charge is 2.20. The number of carbonyl (C=O) groups is 1. The van der Waals surface area contributed by atoms with Gasteiger partial charge in [0.2, 0.25) is 0 Å². The number of fused-ring (bicyclic) bond motifs is 1. The summed E-state index contributed by atoms with van der Waals surface area (Å²) in [6.07, 6.45) is 3.11. The quantitative estimate of drug-likeness (QED) is 0.921. The van der Waals surface area contributed by atoms with Crippen LogP contribution < -0.4 is 4.90 Å². The first-order valence-electron chi connectivity index (χ1n) is 6.63. The fraction of sp³-hybridized carbons (Fsp3) is 0.267. The molecule has 1 N–H and O–H groups in total. The van der Waals surface area contributed by atoms with Gasteiger partial charge in [-0.2, -0.15) is 0 Å². The van der Waals surface area contributed by atoms with Crippen LogP contribution in [0, 0.1) is 0 Å². The number of hydrogen-bond donors (Lipinski definition) is 1. The molecule has 2 aromatic rings. The van der Waals surface area contributed by atoms with Gasteiger partial charge >= 0.3 is 5.97 Å². The van der Waals surface area contributed by atoms with Gasteiger partial charge in [0.25, 0.3) is 0 Å². The Kier molecular flexibility index (Phi) is 3.33. The average molecular weight is 269 g/mol. The molecule has 0 radical (unpaired) electrons. The van der Waals surface area contributed by atoms with Crippen molar-refractivity contribution in [1.82, 2.24) is 9.97 Å². The second-order valence-corrected chi connectivity index (χ2v) is 4.76. The molecule has 1 aromatic carbocycles. The van der Waals surface area contributed by atoms with Crippen molar-refractivity contribution >= 4 is 17.5 Å². The van der Waals surface area contributed by atoms with Crippen LogP contribution >= 0.6 is 0 Å². The molecule has 2 heterocycles. The van der Waals surface area contributed by atoms with Gasteiger partial charge in [-0.3, -0.25) is 4.79 Å². The summed E-state index contributed by atoms with van der Waals surface area (Å²) >= 11 is 0. The van der Waals surface area contributed by atoms with E-state index in [-0.39, 0.29) is 6.42 Å². The normalized spacial score (nSPS) is 13.3. The van der Waals surface area contributed by atoms with Gasteiger partial charge in [-0.05, 0) is 24.1 Å². The first-order valence-corrected chi connectivity index (χ1v) is 6.63. The maximum atomic E-state index is 10.6. The van der Waals surface area contributed by atoms with Crippen LogP contribution in [0.2, 0.25) is 0 Å². The fourth-order valence-electron chi connectivity index (χ4n) is 2.45. The van der Waals surface area contributed by atoms with E-state index in [1.54, 1.807) is 6.20 Å². The average Bonchev–Trinajstić information content (AvgIpc) is 2.89. The Morgan fingerprint density at radius 3 is 3.00 bits per heavy atom. The highest BCUT2D eigenvalue weighted by atomic mass is 16.4. The summed E-state index contributed by atoms with van der Waals surface area (Å²) in [6.45, 7) is 0.898. The summed E-state index contributed by atoms with van der Waals surface area (Å²) in [5.74, 6) is 0.588. The van der Waals surface area contributed by atoms with E-state index in [1.165, 1.54) is 11.3 Å². The molecule has 5 heteroatoms. The molecule has 1 aromatic heterocycles. The van der Waals surface area contributed by atoms with Crippen molar-refractivity contribution in [2.75, 3.05) is 11.4 Å². The summed E-state index contributed by atoms with van der Waals surface area (Å²) in [5, 5.41) is 8.72. The molecule has 0 aliphatic carbocycles. The van der Waals surface area contributed by atoms with Crippen LogP contribution in [0.15, 0.2) is 36.5 Å². The molecule has 0 saturated heterocycles. The number of rotatable bonds is 4. The van der Waals surface area contributed by atoms with Gasteiger partial charge in [0.05, 0.1) is 6.42 Å². The Bertz CT molecular complexity index is 643. The second-order valence-electron chi connectivity index (χ2n) is 4.76. The lowest BCUT2D eigenvalue weighted by Crippen LogP contribution is -2.16. The van der Waals surface area contributed by atoms with Crippen LogP contribution in [0.4, 0.5) is 11.5 Å². The highest BCUT2D eigenvalue weighted by Crippen LogP contribution is 2.32. The molecule has 0 unspecified atom stereocenters. The Labute approximate surface area is 116 Å². The number of aliphatic carboxylic acids is 1. The smallest absolute Gasteiger partial charge is 0.303 e. The number of aryl methyl sites for hydroxylation is 1. The third-order valence-corrected chi connectivity index (χ3v) is 3.42. The minimum atomic E-state index is -0.828. The van der Waals surface area contributed by atoms with Gasteiger partial charge < -0.3 is 10.0 Å². The van der Waals surface area contributed by atoms with Crippen molar-refractivity contribution in [1.29, 1.82) is 0 Å². The second kappa shape index (κ2) is 5.28. The van der Waals surface area contributed by atoms with E-state index in [9.17, 15) is 4.79 Å². The van der Waals surface area contributed by atoms with Gasteiger partial charge in [0.1, 0.15) is 11.6 Å². The predicted octanol–water partition coefficient (Wildman–Crippen LogP) is 2.19. The van der Waals surface area contributed by atoms with E-state index in [2.05, 4.69) is 27.0 Å². The molecule has 3 rings (SSSR count). The molecule has 1 aliphatic heterocycles. The molecular formula is C15H15N3O2. The van der Waals surface area contributed by atoms with Crippen LogP contribution in [0.5, 0.6) is 0 Å². The first kappa shape index (κ1) is 12.6. The molecule has 0 amide bonds. The number of carboxylic acids is 1. The lowest BCUT2D eigenvalue weighted by molar-refractivity contribution is -0.137. The third kappa shape index (κ3) is 2.47. The van der Waals surface area contributed by atoms with Gasteiger partial charge in [-0.15, -0.1) is 0 Å². The van der Waals surface area contributed by atoms with E-state index >= 15 is 0 Å². The first-order chi connectivity index (χ1) is 9.74. The van der Waals surface area contributed by atoms with Gasteiger partial charge in [-0.1, -0.05) is 18.2 Å². The van der Waals surface area contributed by atoms with Crippen molar-refractivity contribution in [2.45, 2.75) is 19.3 Å². The van der Waals surface area contributed by atoms with Gasteiger partial charge in [-0.25, -0.2) is 9.97 Å². The van der Waals surface area contributed by atoms with Crippen LogP contribution in [-0.4, -0.2) is 27.6 Å². The Hall–Kier alpha value is -2.43. The summed E-state index contributed by atoms with van der Waals surface area (Å²) in [6, 6.07) is 10.1. The lowest BCUT2D eigenvalue weighted by Gasteiger charge is -2.18. The van der Waals surface area contributed by atoms with E-state index in [0.29, 0.717) is 12.2 Å². The number of nitrogens with zero attached hydrogens (tertiary/aromatic N) is 3. The van der Waals surface area contributed by atoms with Crippen LogP contribution in [-0.2, 0) is 17.6 Å². The highest BCUT2D eigenvalue weighted by molar-refractivity contribution is 5.68. The molecule has 0 fully saturated rings. The lowest BCUT2D eigenvalue weighted by atomic mass is 10.2. The molecular weight excluding hydrogens is 254 g/mol. The Morgan fingerprint density at radius 2 is 2.15 bits per heavy atom. The molecule has 1 aliphatic rings. The van der Waals surface area contributed by atoms with Crippen LogP contribution in [0.3, 0.4) is 0 Å². The molecule has 0 spiro atoms. The predicted molar refractivity (Wildman–Crippen MR) is 75.1 cm³/mol. The van der Waals surface area contributed by atoms with Crippen LogP contribution in [0.25, 0.3) is 0 Å². The molecule has 102 valence electrons. The summed E-state index contributed by atoms with van der Waals surface area (Å²) in [7, 11) is 0. The summed E-state index contributed by atoms with van der Waals surface area (Å²) < 4.78 is 0. The van der Waals surface area contributed by atoms with Crippen molar-refractivity contribution in [3.8, 4) is 0 Å².